The first-order valence-corrected chi connectivity index (χ1v) is 8.12. The molecule has 1 aliphatic heterocycles. The first kappa shape index (κ1) is 14.1. The summed E-state index contributed by atoms with van der Waals surface area (Å²) in [6.45, 7) is 9.45. The van der Waals surface area contributed by atoms with E-state index < -0.39 is 0 Å². The minimum absolute atomic E-state index is 0.0153. The second-order valence-corrected chi connectivity index (χ2v) is 7.67. The van der Waals surface area contributed by atoms with Gasteiger partial charge in [0.15, 0.2) is 0 Å². The van der Waals surface area contributed by atoms with Crippen LogP contribution in [0.1, 0.15) is 46.5 Å². The number of carbonyl (C=O) groups excluding carboxylic acids is 1. The van der Waals surface area contributed by atoms with E-state index in [-0.39, 0.29) is 16.9 Å². The van der Waals surface area contributed by atoms with E-state index in [1.165, 1.54) is 19.3 Å². The lowest BCUT2D eigenvalue weighted by atomic mass is 9.64. The molecule has 2 fully saturated rings. The molecular formula is C17H28N2O. The van der Waals surface area contributed by atoms with Gasteiger partial charge in [0.2, 0.25) is 5.91 Å². The van der Waals surface area contributed by atoms with Crippen molar-refractivity contribution < 1.29 is 4.79 Å². The predicted octanol–water partition coefficient (Wildman–Crippen LogP) is 2.58. The number of fused-ring (bicyclic) bond motifs is 2. The van der Waals surface area contributed by atoms with Crippen molar-refractivity contribution in [3.05, 3.63) is 12.2 Å². The number of nitrogens with one attached hydrogen (secondary N) is 1. The first-order chi connectivity index (χ1) is 9.43. The van der Waals surface area contributed by atoms with Crippen LogP contribution in [0.2, 0.25) is 0 Å². The van der Waals surface area contributed by atoms with Crippen molar-refractivity contribution in [2.75, 3.05) is 19.6 Å². The van der Waals surface area contributed by atoms with E-state index in [2.05, 4.69) is 43.1 Å². The standard InChI is InChI=1S/C17H28N2O/c1-16(2)13-7-8-14(11-13)17(16,3)18-15(20)12-19-9-5-4-6-10-19/h4-5,13-14H,6-12H2,1-3H3,(H,18,20)/t13-,14-,17+/m0/s1. The maximum absolute atomic E-state index is 12.5. The molecule has 2 aliphatic carbocycles. The van der Waals surface area contributed by atoms with E-state index in [1.54, 1.807) is 0 Å². The number of hydrogen-bond acceptors (Lipinski definition) is 2. The Morgan fingerprint density at radius 3 is 2.60 bits per heavy atom. The van der Waals surface area contributed by atoms with Crippen LogP contribution < -0.4 is 5.32 Å². The van der Waals surface area contributed by atoms with Crippen LogP contribution in [0.4, 0.5) is 0 Å². The van der Waals surface area contributed by atoms with Crippen LogP contribution >= 0.6 is 0 Å². The van der Waals surface area contributed by atoms with Gasteiger partial charge in [-0.1, -0.05) is 26.0 Å². The monoisotopic (exact) mass is 276 g/mol. The molecule has 0 unspecified atom stereocenters. The fraction of sp³-hybridized carbons (Fsp3) is 0.824. The summed E-state index contributed by atoms with van der Waals surface area (Å²) in [5, 5.41) is 3.42. The van der Waals surface area contributed by atoms with Crippen LogP contribution in [0.25, 0.3) is 0 Å². The van der Waals surface area contributed by atoms with Gasteiger partial charge in [-0.2, -0.15) is 0 Å². The second-order valence-electron chi connectivity index (χ2n) is 7.67. The van der Waals surface area contributed by atoms with Crippen LogP contribution in [0.15, 0.2) is 12.2 Å². The summed E-state index contributed by atoms with van der Waals surface area (Å²) in [4.78, 5) is 14.7. The molecule has 1 N–H and O–H groups in total. The molecule has 3 atom stereocenters. The van der Waals surface area contributed by atoms with E-state index in [0.717, 1.165) is 25.4 Å². The lowest BCUT2D eigenvalue weighted by Gasteiger charge is -2.48. The molecule has 0 aromatic carbocycles. The Bertz CT molecular complexity index is 429. The summed E-state index contributed by atoms with van der Waals surface area (Å²) < 4.78 is 0. The molecule has 1 heterocycles. The van der Waals surface area contributed by atoms with E-state index in [4.69, 9.17) is 0 Å². The molecule has 20 heavy (non-hydrogen) atoms. The highest BCUT2D eigenvalue weighted by Gasteiger charge is 2.60. The Hall–Kier alpha value is -0.830. The summed E-state index contributed by atoms with van der Waals surface area (Å²) in [6.07, 6.45) is 9.38. The molecule has 3 nitrogen and oxygen atoms in total. The molecule has 0 radical (unpaired) electrons. The third-order valence-corrected chi connectivity index (χ3v) is 6.52. The predicted molar refractivity (Wildman–Crippen MR) is 81.4 cm³/mol. The third-order valence-electron chi connectivity index (χ3n) is 6.52. The average molecular weight is 276 g/mol. The molecule has 2 saturated carbocycles. The van der Waals surface area contributed by atoms with Gasteiger partial charge < -0.3 is 5.32 Å². The quantitative estimate of drug-likeness (QED) is 0.804. The van der Waals surface area contributed by atoms with Crippen molar-refractivity contribution in [3.8, 4) is 0 Å². The zero-order valence-corrected chi connectivity index (χ0v) is 13.1. The Kier molecular flexibility index (Phi) is 3.44. The molecule has 1 amide bonds. The SMILES string of the molecule is CC1(C)[C@H]2CC[C@@H](C2)[C@@]1(C)NC(=O)CN1CC=CCC1. The van der Waals surface area contributed by atoms with Gasteiger partial charge in [0, 0.05) is 18.6 Å². The molecule has 0 spiro atoms. The van der Waals surface area contributed by atoms with Gasteiger partial charge in [0.25, 0.3) is 0 Å². The molecule has 0 aromatic heterocycles. The van der Waals surface area contributed by atoms with Crippen molar-refractivity contribution in [2.24, 2.45) is 17.3 Å². The van der Waals surface area contributed by atoms with Gasteiger partial charge in [-0.15, -0.1) is 0 Å². The lowest BCUT2D eigenvalue weighted by Crippen LogP contribution is -2.60. The maximum atomic E-state index is 12.5. The van der Waals surface area contributed by atoms with E-state index in [1.807, 2.05) is 0 Å². The van der Waals surface area contributed by atoms with Gasteiger partial charge in [-0.25, -0.2) is 0 Å². The zero-order valence-electron chi connectivity index (χ0n) is 13.1. The molecule has 2 bridgehead atoms. The average Bonchev–Trinajstić information content (AvgIpc) is 2.94. The second kappa shape index (κ2) is 4.87. The van der Waals surface area contributed by atoms with Crippen molar-refractivity contribution >= 4 is 5.91 Å². The van der Waals surface area contributed by atoms with Gasteiger partial charge >= 0.3 is 0 Å². The molecular weight excluding hydrogens is 248 g/mol. The van der Waals surface area contributed by atoms with Gasteiger partial charge in [0.05, 0.1) is 6.54 Å². The number of carbonyl (C=O) groups is 1. The highest BCUT2D eigenvalue weighted by molar-refractivity contribution is 5.79. The fourth-order valence-corrected chi connectivity index (χ4v) is 4.74. The topological polar surface area (TPSA) is 32.3 Å². The summed E-state index contributed by atoms with van der Waals surface area (Å²) in [5.74, 6) is 1.67. The Labute approximate surface area is 122 Å². The van der Waals surface area contributed by atoms with Crippen molar-refractivity contribution in [3.63, 3.8) is 0 Å². The van der Waals surface area contributed by atoms with Crippen LogP contribution in [0, 0.1) is 17.3 Å². The number of nitrogens with zero attached hydrogens (tertiary/aromatic N) is 1. The van der Waals surface area contributed by atoms with E-state index >= 15 is 0 Å². The van der Waals surface area contributed by atoms with Gasteiger partial charge in [0.1, 0.15) is 0 Å². The number of hydrogen-bond donors (Lipinski definition) is 1. The largest absolute Gasteiger partial charge is 0.349 e. The number of rotatable bonds is 3. The molecule has 112 valence electrons. The molecule has 3 aliphatic rings. The molecule has 3 rings (SSSR count). The Morgan fingerprint density at radius 1 is 1.25 bits per heavy atom. The first-order valence-electron chi connectivity index (χ1n) is 8.12. The van der Waals surface area contributed by atoms with Gasteiger partial charge in [-0.3, -0.25) is 9.69 Å². The normalized spacial score (nSPS) is 39.1. The van der Waals surface area contributed by atoms with Crippen LogP contribution in [-0.4, -0.2) is 36.0 Å². The van der Waals surface area contributed by atoms with Gasteiger partial charge in [-0.05, 0) is 49.9 Å². The van der Waals surface area contributed by atoms with Crippen molar-refractivity contribution in [2.45, 2.75) is 52.0 Å². The van der Waals surface area contributed by atoms with Crippen molar-refractivity contribution in [1.82, 2.24) is 10.2 Å². The minimum atomic E-state index is -0.0153. The van der Waals surface area contributed by atoms with Crippen LogP contribution in [-0.2, 0) is 4.79 Å². The fourth-order valence-electron chi connectivity index (χ4n) is 4.74. The number of amides is 1. The zero-order chi connectivity index (χ0) is 14.4. The lowest BCUT2D eigenvalue weighted by molar-refractivity contribution is -0.126. The minimum Gasteiger partial charge on any atom is -0.349 e. The Balaban J connectivity index is 1.64. The summed E-state index contributed by atoms with van der Waals surface area (Å²) >= 11 is 0. The smallest absolute Gasteiger partial charge is 0.234 e. The summed E-state index contributed by atoms with van der Waals surface area (Å²) in [7, 11) is 0. The van der Waals surface area contributed by atoms with Crippen LogP contribution in [0.5, 0.6) is 0 Å². The van der Waals surface area contributed by atoms with Crippen LogP contribution in [0.3, 0.4) is 0 Å². The molecule has 0 aromatic rings. The highest BCUT2D eigenvalue weighted by atomic mass is 16.2. The Morgan fingerprint density at radius 2 is 2.00 bits per heavy atom. The molecule has 3 heteroatoms. The summed E-state index contributed by atoms with van der Waals surface area (Å²) in [6, 6.07) is 0. The molecule has 0 saturated heterocycles. The van der Waals surface area contributed by atoms with E-state index in [9.17, 15) is 4.79 Å². The van der Waals surface area contributed by atoms with Crippen molar-refractivity contribution in [1.29, 1.82) is 0 Å². The maximum Gasteiger partial charge on any atom is 0.234 e. The van der Waals surface area contributed by atoms with E-state index in [0.29, 0.717) is 12.5 Å². The third kappa shape index (κ3) is 2.11. The highest BCUT2D eigenvalue weighted by Crippen LogP contribution is 2.61. The summed E-state index contributed by atoms with van der Waals surface area (Å²) in [5.41, 5.74) is 0.214.